The van der Waals surface area contributed by atoms with E-state index in [1.54, 1.807) is 18.2 Å². The zero-order valence-electron chi connectivity index (χ0n) is 12.3. The summed E-state index contributed by atoms with van der Waals surface area (Å²) in [5, 5.41) is 14.6. The third-order valence-corrected chi connectivity index (χ3v) is 4.38. The maximum atomic E-state index is 12.3. The fourth-order valence-electron chi connectivity index (χ4n) is 2.10. The number of ether oxygens (including phenoxy) is 1. The molecule has 7 nitrogen and oxygen atoms in total. The van der Waals surface area contributed by atoms with Gasteiger partial charge in [-0.15, -0.1) is 0 Å². The van der Waals surface area contributed by atoms with Gasteiger partial charge in [-0.05, 0) is 30.3 Å². The van der Waals surface area contributed by atoms with Crippen molar-refractivity contribution in [1.29, 1.82) is 0 Å². The van der Waals surface area contributed by atoms with Crippen molar-refractivity contribution in [3.63, 3.8) is 0 Å². The lowest BCUT2D eigenvalue weighted by molar-refractivity contribution is -0.385. The molecule has 0 aliphatic heterocycles. The molecule has 3 aromatic rings. The zero-order valence-corrected chi connectivity index (χ0v) is 13.9. The first-order chi connectivity index (χ1) is 11.5. The number of hydrogen-bond acceptors (Lipinski definition) is 6. The van der Waals surface area contributed by atoms with Gasteiger partial charge in [0.05, 0.1) is 22.2 Å². The summed E-state index contributed by atoms with van der Waals surface area (Å²) in [7, 11) is 1.33. The lowest BCUT2D eigenvalue weighted by Gasteiger charge is -2.04. The van der Waals surface area contributed by atoms with Gasteiger partial charge in [0.15, 0.2) is 10.9 Å². The molecule has 0 fully saturated rings. The van der Waals surface area contributed by atoms with E-state index in [1.807, 2.05) is 0 Å². The van der Waals surface area contributed by atoms with E-state index >= 15 is 0 Å². The second kappa shape index (κ2) is 6.42. The lowest BCUT2D eigenvalue weighted by Crippen LogP contribution is -2.12. The van der Waals surface area contributed by atoms with Crippen molar-refractivity contribution in [1.82, 2.24) is 4.98 Å². The van der Waals surface area contributed by atoms with Gasteiger partial charge in [-0.25, -0.2) is 4.98 Å². The Kier molecular flexibility index (Phi) is 4.32. The molecule has 9 heteroatoms. The highest BCUT2D eigenvalue weighted by molar-refractivity contribution is 7.22. The number of carbonyl (C=O) groups is 1. The van der Waals surface area contributed by atoms with Crippen LogP contribution in [0.2, 0.25) is 5.02 Å². The molecule has 24 heavy (non-hydrogen) atoms. The van der Waals surface area contributed by atoms with E-state index in [2.05, 4.69) is 10.3 Å². The van der Waals surface area contributed by atoms with Gasteiger partial charge in [-0.1, -0.05) is 22.9 Å². The van der Waals surface area contributed by atoms with Crippen LogP contribution in [0.3, 0.4) is 0 Å². The van der Waals surface area contributed by atoms with E-state index in [1.165, 1.54) is 36.6 Å². The Hall–Kier alpha value is -2.71. The van der Waals surface area contributed by atoms with E-state index in [4.69, 9.17) is 16.3 Å². The van der Waals surface area contributed by atoms with Crippen LogP contribution in [0.1, 0.15) is 10.4 Å². The smallest absolute Gasteiger partial charge is 0.311 e. The summed E-state index contributed by atoms with van der Waals surface area (Å²) in [6, 6.07) is 9.21. The van der Waals surface area contributed by atoms with Crippen LogP contribution in [0.5, 0.6) is 5.75 Å². The van der Waals surface area contributed by atoms with Crippen LogP contribution in [0, 0.1) is 10.1 Å². The first-order valence-electron chi connectivity index (χ1n) is 6.68. The highest BCUT2D eigenvalue weighted by Crippen LogP contribution is 2.30. The molecule has 3 rings (SSSR count). The lowest BCUT2D eigenvalue weighted by atomic mass is 10.2. The maximum Gasteiger partial charge on any atom is 0.311 e. The van der Waals surface area contributed by atoms with E-state index in [-0.39, 0.29) is 17.0 Å². The molecule has 0 unspecified atom stereocenters. The SMILES string of the molecule is COc1ccc(C(=O)Nc2nc3ccc(Cl)cc3s2)cc1[N+](=O)[O-]. The van der Waals surface area contributed by atoms with Crippen LogP contribution in [0.15, 0.2) is 36.4 Å². The first kappa shape index (κ1) is 16.2. The molecule has 1 amide bonds. The highest BCUT2D eigenvalue weighted by Gasteiger charge is 2.19. The number of rotatable bonds is 4. The highest BCUT2D eigenvalue weighted by atomic mass is 35.5. The number of fused-ring (bicyclic) bond motifs is 1. The number of benzene rings is 2. The fourth-order valence-corrected chi connectivity index (χ4v) is 3.23. The first-order valence-corrected chi connectivity index (χ1v) is 7.87. The predicted molar refractivity (Wildman–Crippen MR) is 92.2 cm³/mol. The summed E-state index contributed by atoms with van der Waals surface area (Å²) < 4.78 is 5.75. The van der Waals surface area contributed by atoms with E-state index in [0.717, 1.165) is 4.70 Å². The number of nitrogens with zero attached hydrogens (tertiary/aromatic N) is 2. The molecule has 0 atom stereocenters. The molecule has 1 heterocycles. The number of methoxy groups -OCH3 is 1. The normalized spacial score (nSPS) is 10.6. The second-order valence-electron chi connectivity index (χ2n) is 4.73. The van der Waals surface area contributed by atoms with Gasteiger partial charge in [0.25, 0.3) is 5.91 Å². The number of nitro benzene ring substituents is 1. The Balaban J connectivity index is 1.88. The molecule has 2 aromatic carbocycles. The molecule has 0 saturated heterocycles. The number of carbonyl (C=O) groups excluding carboxylic acids is 1. The Morgan fingerprint density at radius 3 is 2.83 bits per heavy atom. The third kappa shape index (κ3) is 3.15. The zero-order chi connectivity index (χ0) is 17.3. The summed E-state index contributed by atoms with van der Waals surface area (Å²) >= 11 is 7.19. The van der Waals surface area contributed by atoms with Crippen molar-refractivity contribution in [2.45, 2.75) is 0 Å². The van der Waals surface area contributed by atoms with Crippen LogP contribution in [0.4, 0.5) is 10.8 Å². The number of aromatic nitrogens is 1. The number of hydrogen-bond donors (Lipinski definition) is 1. The van der Waals surface area contributed by atoms with Crippen LogP contribution < -0.4 is 10.1 Å². The molecule has 0 radical (unpaired) electrons. The molecule has 1 aromatic heterocycles. The Labute approximate surface area is 145 Å². The molecule has 0 aliphatic carbocycles. The maximum absolute atomic E-state index is 12.3. The van der Waals surface area contributed by atoms with Gasteiger partial charge in [0.1, 0.15) is 0 Å². The minimum Gasteiger partial charge on any atom is -0.490 e. The van der Waals surface area contributed by atoms with Crippen molar-refractivity contribution in [3.05, 3.63) is 57.1 Å². The van der Waals surface area contributed by atoms with Gasteiger partial charge in [0, 0.05) is 16.7 Å². The van der Waals surface area contributed by atoms with Gasteiger partial charge >= 0.3 is 5.69 Å². The molecule has 0 bridgehead atoms. The minimum absolute atomic E-state index is 0.0891. The molecule has 0 spiro atoms. The van der Waals surface area contributed by atoms with Crippen molar-refractivity contribution < 1.29 is 14.5 Å². The molecule has 0 saturated carbocycles. The standard InChI is InChI=1S/C15H10ClN3O4S/c1-23-12-5-2-8(6-11(12)19(21)22)14(20)18-15-17-10-4-3-9(16)7-13(10)24-15/h2-7H,1H3,(H,17,18,20). The molecular formula is C15H10ClN3O4S. The summed E-state index contributed by atoms with van der Waals surface area (Å²) in [6.07, 6.45) is 0. The van der Waals surface area contributed by atoms with Gasteiger partial charge in [0.2, 0.25) is 0 Å². The average molecular weight is 364 g/mol. The number of thiazole rings is 1. The van der Waals surface area contributed by atoms with E-state index in [0.29, 0.717) is 15.7 Å². The number of nitro groups is 1. The summed E-state index contributed by atoms with van der Waals surface area (Å²) in [4.78, 5) is 27.0. The van der Waals surface area contributed by atoms with Crippen LogP contribution in [-0.4, -0.2) is 22.9 Å². The molecule has 122 valence electrons. The molecule has 0 aliphatic rings. The third-order valence-electron chi connectivity index (χ3n) is 3.21. The Morgan fingerprint density at radius 1 is 1.33 bits per heavy atom. The summed E-state index contributed by atoms with van der Waals surface area (Å²) in [5.41, 5.74) is 0.571. The van der Waals surface area contributed by atoms with Gasteiger partial charge < -0.3 is 4.74 Å². The van der Waals surface area contributed by atoms with E-state index < -0.39 is 10.8 Å². The number of halogens is 1. The second-order valence-corrected chi connectivity index (χ2v) is 6.20. The predicted octanol–water partition coefficient (Wildman–Crippen LogP) is 4.12. The van der Waals surface area contributed by atoms with Crippen LogP contribution in [0.25, 0.3) is 10.2 Å². The summed E-state index contributed by atoms with van der Waals surface area (Å²) in [5.74, 6) is -0.405. The number of amides is 1. The molecular weight excluding hydrogens is 354 g/mol. The van der Waals surface area contributed by atoms with Crippen LogP contribution >= 0.6 is 22.9 Å². The van der Waals surface area contributed by atoms with Crippen LogP contribution in [-0.2, 0) is 0 Å². The van der Waals surface area contributed by atoms with Crippen molar-refractivity contribution in [2.75, 3.05) is 12.4 Å². The minimum atomic E-state index is -0.602. The monoisotopic (exact) mass is 363 g/mol. The largest absolute Gasteiger partial charge is 0.490 e. The fraction of sp³-hybridized carbons (Fsp3) is 0.0667. The topological polar surface area (TPSA) is 94.4 Å². The molecule has 1 N–H and O–H groups in total. The Morgan fingerprint density at radius 2 is 2.12 bits per heavy atom. The number of nitrogens with one attached hydrogen (secondary N) is 1. The summed E-state index contributed by atoms with van der Waals surface area (Å²) in [6.45, 7) is 0. The van der Waals surface area contributed by atoms with Gasteiger partial charge in [-0.3, -0.25) is 20.2 Å². The van der Waals surface area contributed by atoms with E-state index in [9.17, 15) is 14.9 Å². The van der Waals surface area contributed by atoms with Crippen molar-refractivity contribution >= 4 is 49.9 Å². The van der Waals surface area contributed by atoms with Gasteiger partial charge in [-0.2, -0.15) is 0 Å². The van der Waals surface area contributed by atoms with Crippen molar-refractivity contribution in [3.8, 4) is 5.75 Å². The quantitative estimate of drug-likeness (QED) is 0.555. The number of anilines is 1. The average Bonchev–Trinajstić information content (AvgIpc) is 2.95. The van der Waals surface area contributed by atoms with Crippen molar-refractivity contribution in [2.24, 2.45) is 0 Å². The Bertz CT molecular complexity index is 957.